The molecular weight excluding hydrogens is 343 g/mol. The largest absolute Gasteiger partial charge is 0.381 e. The predicted octanol–water partition coefficient (Wildman–Crippen LogP) is 4.63. The number of halogens is 2. The van der Waals surface area contributed by atoms with Crippen molar-refractivity contribution in [2.24, 2.45) is 0 Å². The van der Waals surface area contributed by atoms with Crippen LogP contribution >= 0.6 is 11.6 Å². The van der Waals surface area contributed by atoms with Crippen molar-refractivity contribution >= 4 is 11.6 Å². The highest BCUT2D eigenvalue weighted by atomic mass is 35.5. The molecule has 1 aliphatic rings. The molecule has 0 amide bonds. The smallest absolute Gasteiger partial charge is 0.237 e. The maximum Gasteiger partial charge on any atom is 0.237 e. The standard InChI is InChI=1S/C19H16ClFN2O2/c20-15-5-2-4-14(12-15)19(7-9-24-10-8-19)18-22-17(23-25-18)13-3-1-6-16(21)11-13/h1-6,11-12H,7-10H2. The Morgan fingerprint density at radius 2 is 1.84 bits per heavy atom. The van der Waals surface area contributed by atoms with Crippen molar-refractivity contribution < 1.29 is 13.7 Å². The summed E-state index contributed by atoms with van der Waals surface area (Å²) in [7, 11) is 0. The fourth-order valence-corrected chi connectivity index (χ4v) is 3.48. The highest BCUT2D eigenvalue weighted by molar-refractivity contribution is 6.30. The van der Waals surface area contributed by atoms with Gasteiger partial charge in [-0.1, -0.05) is 41.0 Å². The minimum atomic E-state index is -0.443. The van der Waals surface area contributed by atoms with E-state index in [9.17, 15) is 4.39 Å². The summed E-state index contributed by atoms with van der Waals surface area (Å²) in [4.78, 5) is 4.58. The quantitative estimate of drug-likeness (QED) is 0.685. The third-order valence-electron chi connectivity index (χ3n) is 4.64. The highest BCUT2D eigenvalue weighted by Gasteiger charge is 2.41. The van der Waals surface area contributed by atoms with Crippen LogP contribution in [-0.4, -0.2) is 23.4 Å². The number of rotatable bonds is 3. The molecule has 3 aromatic rings. The lowest BCUT2D eigenvalue weighted by atomic mass is 9.74. The molecule has 6 heteroatoms. The molecule has 0 aliphatic carbocycles. The summed E-state index contributed by atoms with van der Waals surface area (Å²) in [6, 6.07) is 13.9. The topological polar surface area (TPSA) is 48.2 Å². The van der Waals surface area contributed by atoms with Crippen molar-refractivity contribution in [1.29, 1.82) is 0 Å². The number of hydrogen-bond acceptors (Lipinski definition) is 4. The van der Waals surface area contributed by atoms with Gasteiger partial charge in [0.05, 0.1) is 5.41 Å². The van der Waals surface area contributed by atoms with Gasteiger partial charge in [0.1, 0.15) is 5.82 Å². The van der Waals surface area contributed by atoms with Crippen molar-refractivity contribution in [3.05, 3.63) is 70.8 Å². The third-order valence-corrected chi connectivity index (χ3v) is 4.88. The van der Waals surface area contributed by atoms with E-state index in [1.807, 2.05) is 24.3 Å². The van der Waals surface area contributed by atoms with E-state index in [1.54, 1.807) is 12.1 Å². The Balaban J connectivity index is 1.79. The minimum absolute atomic E-state index is 0.334. The Labute approximate surface area is 149 Å². The predicted molar refractivity (Wildman–Crippen MR) is 92.0 cm³/mol. The lowest BCUT2D eigenvalue weighted by Crippen LogP contribution is -2.35. The number of nitrogens with zero attached hydrogens (tertiary/aromatic N) is 2. The Kier molecular flexibility index (Phi) is 4.27. The molecule has 25 heavy (non-hydrogen) atoms. The van der Waals surface area contributed by atoms with E-state index in [-0.39, 0.29) is 5.82 Å². The molecule has 1 fully saturated rings. The molecule has 0 radical (unpaired) electrons. The Morgan fingerprint density at radius 3 is 2.60 bits per heavy atom. The van der Waals surface area contributed by atoms with Gasteiger partial charge in [0.15, 0.2) is 0 Å². The summed E-state index contributed by atoms with van der Waals surface area (Å²) in [5.41, 5.74) is 1.17. The minimum Gasteiger partial charge on any atom is -0.381 e. The van der Waals surface area contributed by atoms with Crippen molar-refractivity contribution in [2.75, 3.05) is 13.2 Å². The Hall–Kier alpha value is -2.24. The van der Waals surface area contributed by atoms with Crippen molar-refractivity contribution in [1.82, 2.24) is 10.1 Å². The van der Waals surface area contributed by atoms with Gasteiger partial charge in [-0.25, -0.2) is 4.39 Å². The summed E-state index contributed by atoms with van der Waals surface area (Å²) in [5, 5.41) is 4.73. The van der Waals surface area contributed by atoms with E-state index in [2.05, 4.69) is 10.1 Å². The molecule has 4 rings (SSSR count). The van der Waals surface area contributed by atoms with Crippen LogP contribution in [0.2, 0.25) is 5.02 Å². The van der Waals surface area contributed by atoms with Crippen LogP contribution in [0.3, 0.4) is 0 Å². The van der Waals surface area contributed by atoms with Crippen LogP contribution in [0, 0.1) is 5.82 Å². The van der Waals surface area contributed by atoms with Crippen molar-refractivity contribution in [3.8, 4) is 11.4 Å². The van der Waals surface area contributed by atoms with Crippen LogP contribution in [0.1, 0.15) is 24.3 Å². The second-order valence-electron chi connectivity index (χ2n) is 6.14. The highest BCUT2D eigenvalue weighted by Crippen LogP contribution is 2.41. The molecule has 0 unspecified atom stereocenters. The normalized spacial score (nSPS) is 16.7. The second-order valence-corrected chi connectivity index (χ2v) is 6.57. The fourth-order valence-electron chi connectivity index (χ4n) is 3.29. The zero-order valence-corrected chi connectivity index (χ0v) is 14.2. The number of aromatic nitrogens is 2. The number of ether oxygens (including phenoxy) is 1. The van der Waals surface area contributed by atoms with Gasteiger partial charge >= 0.3 is 0 Å². The summed E-state index contributed by atoms with van der Waals surface area (Å²) in [5.74, 6) is 0.555. The first kappa shape index (κ1) is 16.2. The molecular formula is C19H16ClFN2O2. The lowest BCUT2D eigenvalue weighted by molar-refractivity contribution is 0.0523. The first-order valence-electron chi connectivity index (χ1n) is 8.11. The molecule has 2 aromatic carbocycles. The molecule has 2 heterocycles. The molecule has 128 valence electrons. The molecule has 0 bridgehead atoms. The molecule has 0 saturated carbocycles. The van der Waals surface area contributed by atoms with E-state index in [1.165, 1.54) is 12.1 Å². The van der Waals surface area contributed by atoms with E-state index in [0.29, 0.717) is 35.5 Å². The molecule has 1 saturated heterocycles. The van der Waals surface area contributed by atoms with E-state index < -0.39 is 5.41 Å². The first-order chi connectivity index (χ1) is 12.2. The van der Waals surface area contributed by atoms with Crippen LogP contribution in [-0.2, 0) is 10.2 Å². The molecule has 1 aromatic heterocycles. The van der Waals surface area contributed by atoms with Crippen LogP contribution in [0.4, 0.5) is 4.39 Å². The van der Waals surface area contributed by atoms with Crippen molar-refractivity contribution in [2.45, 2.75) is 18.3 Å². The Bertz CT molecular complexity index is 890. The zero-order valence-electron chi connectivity index (χ0n) is 13.4. The van der Waals surface area contributed by atoms with Crippen molar-refractivity contribution in [3.63, 3.8) is 0 Å². The number of benzene rings is 2. The first-order valence-corrected chi connectivity index (χ1v) is 8.49. The SMILES string of the molecule is Fc1cccc(-c2noc(C3(c4cccc(Cl)c4)CCOCC3)n2)c1. The Morgan fingerprint density at radius 1 is 1.04 bits per heavy atom. The van der Waals surface area contributed by atoms with Gasteiger partial charge < -0.3 is 9.26 Å². The fraction of sp³-hybridized carbons (Fsp3) is 0.263. The zero-order chi connectivity index (χ0) is 17.3. The summed E-state index contributed by atoms with van der Waals surface area (Å²) in [6.07, 6.45) is 1.44. The van der Waals surface area contributed by atoms with E-state index in [0.717, 1.165) is 18.4 Å². The lowest BCUT2D eigenvalue weighted by Gasteiger charge is -2.34. The average Bonchev–Trinajstić information content (AvgIpc) is 3.13. The molecule has 0 spiro atoms. The summed E-state index contributed by atoms with van der Waals surface area (Å²) >= 11 is 6.19. The molecule has 4 nitrogen and oxygen atoms in total. The summed E-state index contributed by atoms with van der Waals surface area (Å²) in [6.45, 7) is 1.20. The maximum absolute atomic E-state index is 13.5. The second kappa shape index (κ2) is 6.58. The van der Waals surface area contributed by atoms with Gasteiger partial charge in [0, 0.05) is 23.8 Å². The van der Waals surface area contributed by atoms with Gasteiger partial charge in [-0.3, -0.25) is 0 Å². The van der Waals surface area contributed by atoms with Gasteiger partial charge in [0.25, 0.3) is 0 Å². The molecule has 1 aliphatic heterocycles. The van der Waals surface area contributed by atoms with E-state index >= 15 is 0 Å². The average molecular weight is 359 g/mol. The molecule has 0 N–H and O–H groups in total. The van der Waals surface area contributed by atoms with Crippen LogP contribution in [0.5, 0.6) is 0 Å². The maximum atomic E-state index is 13.5. The van der Waals surface area contributed by atoms with Crippen LogP contribution in [0.25, 0.3) is 11.4 Å². The van der Waals surface area contributed by atoms with Crippen LogP contribution < -0.4 is 0 Å². The third kappa shape index (κ3) is 3.05. The van der Waals surface area contributed by atoms with Gasteiger partial charge in [-0.15, -0.1) is 0 Å². The van der Waals surface area contributed by atoms with Gasteiger partial charge in [-0.05, 0) is 42.7 Å². The monoisotopic (exact) mass is 358 g/mol. The van der Waals surface area contributed by atoms with Gasteiger partial charge in [-0.2, -0.15) is 4.98 Å². The summed E-state index contributed by atoms with van der Waals surface area (Å²) < 4.78 is 24.6. The molecule has 0 atom stereocenters. The number of hydrogen-bond donors (Lipinski definition) is 0. The van der Waals surface area contributed by atoms with Crippen LogP contribution in [0.15, 0.2) is 53.1 Å². The van der Waals surface area contributed by atoms with Gasteiger partial charge in [0.2, 0.25) is 11.7 Å². The van der Waals surface area contributed by atoms with E-state index in [4.69, 9.17) is 20.9 Å².